The van der Waals surface area contributed by atoms with Crippen molar-refractivity contribution >= 4 is 27.9 Å². The number of aromatic hydroxyl groups is 1. The van der Waals surface area contributed by atoms with E-state index in [0.29, 0.717) is 28.4 Å². The van der Waals surface area contributed by atoms with E-state index in [1.54, 1.807) is 24.3 Å². The van der Waals surface area contributed by atoms with Crippen LogP contribution in [0.5, 0.6) is 5.75 Å². The molecule has 0 saturated heterocycles. The largest absolute Gasteiger partial charge is 0.507 e. The highest BCUT2D eigenvalue weighted by atomic mass is 32.1. The van der Waals surface area contributed by atoms with Gasteiger partial charge in [-0.25, -0.2) is 9.99 Å². The predicted molar refractivity (Wildman–Crippen MR) is 125 cm³/mol. The molecule has 1 N–H and O–H groups in total. The number of benzene rings is 3. The third kappa shape index (κ3) is 3.72. The molecule has 2 heterocycles. The van der Waals surface area contributed by atoms with Crippen molar-refractivity contribution in [3.05, 3.63) is 105 Å². The SMILES string of the molecule is O=[N+]([O-])c1cccc(-c2csc(N3N=C(c4ccccc4O)CC3c3ccccc3)n2)c1. The summed E-state index contributed by atoms with van der Waals surface area (Å²) in [5.41, 5.74) is 3.94. The van der Waals surface area contributed by atoms with Gasteiger partial charge in [0, 0.05) is 35.1 Å². The van der Waals surface area contributed by atoms with E-state index >= 15 is 0 Å². The number of phenols is 1. The molecule has 0 fully saturated rings. The van der Waals surface area contributed by atoms with E-state index in [0.717, 1.165) is 11.3 Å². The van der Waals surface area contributed by atoms with Gasteiger partial charge >= 0.3 is 0 Å². The zero-order chi connectivity index (χ0) is 22.1. The van der Waals surface area contributed by atoms with E-state index in [4.69, 9.17) is 10.1 Å². The molecule has 7 nitrogen and oxygen atoms in total. The third-order valence-electron chi connectivity index (χ3n) is 5.35. The van der Waals surface area contributed by atoms with Crippen molar-refractivity contribution in [2.45, 2.75) is 12.5 Å². The van der Waals surface area contributed by atoms with Gasteiger partial charge in [0.1, 0.15) is 5.75 Å². The average molecular weight is 443 g/mol. The van der Waals surface area contributed by atoms with E-state index in [-0.39, 0.29) is 17.5 Å². The molecule has 0 radical (unpaired) electrons. The number of aromatic nitrogens is 1. The number of para-hydroxylation sites is 1. The lowest BCUT2D eigenvalue weighted by atomic mass is 9.98. The first kappa shape index (κ1) is 19.9. The van der Waals surface area contributed by atoms with Crippen LogP contribution in [0.3, 0.4) is 0 Å². The van der Waals surface area contributed by atoms with E-state index < -0.39 is 4.92 Å². The number of hydrogen-bond acceptors (Lipinski definition) is 7. The number of non-ortho nitro benzene ring substituents is 1. The van der Waals surface area contributed by atoms with E-state index in [9.17, 15) is 15.2 Å². The van der Waals surface area contributed by atoms with Gasteiger partial charge in [0.15, 0.2) is 0 Å². The summed E-state index contributed by atoms with van der Waals surface area (Å²) in [5.74, 6) is 0.191. The fraction of sp³-hybridized carbons (Fsp3) is 0.0833. The van der Waals surface area contributed by atoms with Crippen molar-refractivity contribution < 1.29 is 10.0 Å². The van der Waals surface area contributed by atoms with Crippen molar-refractivity contribution in [1.82, 2.24) is 4.98 Å². The Balaban J connectivity index is 1.54. The molecule has 1 aliphatic rings. The molecular formula is C24H18N4O3S. The van der Waals surface area contributed by atoms with Gasteiger partial charge < -0.3 is 5.11 Å². The van der Waals surface area contributed by atoms with Crippen LogP contribution in [0.4, 0.5) is 10.8 Å². The lowest BCUT2D eigenvalue weighted by Crippen LogP contribution is -2.18. The van der Waals surface area contributed by atoms with Crippen LogP contribution < -0.4 is 5.01 Å². The normalized spacial score (nSPS) is 15.6. The standard InChI is InChI=1S/C24H18N4O3S/c29-23-12-5-4-11-19(23)20-14-22(16-7-2-1-3-8-16)27(26-20)24-25-21(15-32-24)17-9-6-10-18(13-17)28(30)31/h1-13,15,22,29H,14H2. The minimum Gasteiger partial charge on any atom is -0.507 e. The maximum absolute atomic E-state index is 11.1. The van der Waals surface area contributed by atoms with Gasteiger partial charge in [-0.1, -0.05) is 54.6 Å². The summed E-state index contributed by atoms with van der Waals surface area (Å²) in [6.45, 7) is 0. The van der Waals surface area contributed by atoms with Gasteiger partial charge in [-0.2, -0.15) is 5.10 Å². The molecule has 4 aromatic rings. The lowest BCUT2D eigenvalue weighted by Gasteiger charge is -2.21. The Morgan fingerprint density at radius 3 is 2.59 bits per heavy atom. The summed E-state index contributed by atoms with van der Waals surface area (Å²) < 4.78 is 0. The van der Waals surface area contributed by atoms with Crippen molar-refractivity contribution in [2.75, 3.05) is 5.01 Å². The second-order valence-electron chi connectivity index (χ2n) is 7.36. The van der Waals surface area contributed by atoms with Gasteiger partial charge in [-0.15, -0.1) is 11.3 Å². The molecule has 1 atom stereocenters. The first-order valence-corrected chi connectivity index (χ1v) is 10.9. The van der Waals surface area contributed by atoms with Gasteiger partial charge in [0.25, 0.3) is 5.69 Å². The Labute approximate surface area is 188 Å². The van der Waals surface area contributed by atoms with Gasteiger partial charge in [0.2, 0.25) is 5.13 Å². The van der Waals surface area contributed by atoms with Gasteiger partial charge in [-0.05, 0) is 17.7 Å². The summed E-state index contributed by atoms with van der Waals surface area (Å²) >= 11 is 1.43. The number of phenolic OH excluding ortho intramolecular Hbond substituents is 1. The second-order valence-corrected chi connectivity index (χ2v) is 8.20. The Kier molecular flexibility index (Phi) is 5.12. The number of hydrogen-bond donors (Lipinski definition) is 1. The molecule has 0 saturated carbocycles. The van der Waals surface area contributed by atoms with Crippen LogP contribution in [-0.2, 0) is 0 Å². The van der Waals surface area contributed by atoms with Gasteiger partial charge in [-0.3, -0.25) is 10.1 Å². The second kappa shape index (κ2) is 8.24. The fourth-order valence-corrected chi connectivity index (χ4v) is 4.62. The molecule has 0 amide bonds. The third-order valence-corrected chi connectivity index (χ3v) is 6.18. The Morgan fingerprint density at radius 2 is 1.81 bits per heavy atom. The first-order chi connectivity index (χ1) is 15.6. The molecular weight excluding hydrogens is 424 g/mol. The average Bonchev–Trinajstić information content (AvgIpc) is 3.48. The molecule has 5 rings (SSSR count). The fourth-order valence-electron chi connectivity index (χ4n) is 3.78. The van der Waals surface area contributed by atoms with Crippen LogP contribution in [0, 0.1) is 10.1 Å². The topological polar surface area (TPSA) is 91.9 Å². The van der Waals surface area contributed by atoms with Crippen LogP contribution in [0.2, 0.25) is 0 Å². The highest BCUT2D eigenvalue weighted by molar-refractivity contribution is 7.14. The molecule has 8 heteroatoms. The molecule has 3 aromatic carbocycles. The van der Waals surface area contributed by atoms with Crippen LogP contribution in [-0.4, -0.2) is 20.7 Å². The zero-order valence-electron chi connectivity index (χ0n) is 16.8. The Bertz CT molecular complexity index is 1320. The Morgan fingerprint density at radius 1 is 1.03 bits per heavy atom. The highest BCUT2D eigenvalue weighted by Crippen LogP contribution is 2.40. The summed E-state index contributed by atoms with van der Waals surface area (Å²) in [7, 11) is 0. The Hall–Kier alpha value is -4.04. The summed E-state index contributed by atoms with van der Waals surface area (Å²) in [6, 6.07) is 23.6. The number of anilines is 1. The summed E-state index contributed by atoms with van der Waals surface area (Å²) in [6.07, 6.45) is 0.618. The smallest absolute Gasteiger partial charge is 0.270 e. The first-order valence-electron chi connectivity index (χ1n) is 10.0. The number of hydrazone groups is 1. The number of thiazole rings is 1. The lowest BCUT2D eigenvalue weighted by molar-refractivity contribution is -0.384. The zero-order valence-corrected chi connectivity index (χ0v) is 17.6. The van der Waals surface area contributed by atoms with Gasteiger partial charge in [0.05, 0.1) is 22.4 Å². The van der Waals surface area contributed by atoms with Crippen molar-refractivity contribution in [2.24, 2.45) is 5.10 Å². The molecule has 158 valence electrons. The van der Waals surface area contributed by atoms with Crippen molar-refractivity contribution in [1.29, 1.82) is 0 Å². The molecule has 1 aliphatic heterocycles. The van der Waals surface area contributed by atoms with Crippen LogP contribution >= 0.6 is 11.3 Å². The van der Waals surface area contributed by atoms with E-state index in [2.05, 4.69) is 12.1 Å². The monoisotopic (exact) mass is 442 g/mol. The van der Waals surface area contributed by atoms with Crippen molar-refractivity contribution in [3.8, 4) is 17.0 Å². The van der Waals surface area contributed by atoms with E-state index in [1.807, 2.05) is 40.7 Å². The van der Waals surface area contributed by atoms with Crippen LogP contribution in [0.25, 0.3) is 11.3 Å². The maximum atomic E-state index is 11.1. The van der Waals surface area contributed by atoms with Crippen molar-refractivity contribution in [3.63, 3.8) is 0 Å². The van der Waals surface area contributed by atoms with Crippen LogP contribution in [0.1, 0.15) is 23.6 Å². The number of rotatable bonds is 5. The molecule has 0 bridgehead atoms. The minimum atomic E-state index is -0.411. The predicted octanol–water partition coefficient (Wildman–Crippen LogP) is 5.78. The summed E-state index contributed by atoms with van der Waals surface area (Å²) in [5, 5.41) is 30.8. The molecule has 0 aliphatic carbocycles. The quantitative estimate of drug-likeness (QED) is 0.312. The maximum Gasteiger partial charge on any atom is 0.270 e. The molecule has 0 spiro atoms. The number of nitro groups is 1. The van der Waals surface area contributed by atoms with Crippen LogP contribution in [0.15, 0.2) is 89.3 Å². The molecule has 32 heavy (non-hydrogen) atoms. The number of nitro benzene ring substituents is 1. The highest BCUT2D eigenvalue weighted by Gasteiger charge is 2.32. The summed E-state index contributed by atoms with van der Waals surface area (Å²) in [4.78, 5) is 15.5. The molecule has 1 unspecified atom stereocenters. The number of nitrogens with zero attached hydrogens (tertiary/aromatic N) is 4. The molecule has 1 aromatic heterocycles. The van der Waals surface area contributed by atoms with E-state index in [1.165, 1.54) is 23.5 Å². The minimum absolute atomic E-state index is 0.0280.